The van der Waals surface area contributed by atoms with Gasteiger partial charge in [-0.05, 0) is 90.8 Å². The van der Waals surface area contributed by atoms with Crippen molar-refractivity contribution in [2.45, 2.75) is 20.8 Å². The van der Waals surface area contributed by atoms with Gasteiger partial charge in [0.05, 0.1) is 27.8 Å². The number of hydrogen-bond acceptors (Lipinski definition) is 1. The molecule has 0 saturated carbocycles. The Morgan fingerprint density at radius 1 is 0.535 bits per heavy atom. The number of fused-ring (bicyclic) bond motifs is 11. The van der Waals surface area contributed by atoms with E-state index in [4.69, 9.17) is 4.74 Å². The van der Waals surface area contributed by atoms with Crippen molar-refractivity contribution in [3.05, 3.63) is 126 Å². The van der Waals surface area contributed by atoms with Gasteiger partial charge in [-0.3, -0.25) is 0 Å². The third-order valence-electron chi connectivity index (χ3n) is 9.81. The molecule has 202 valence electrons. The maximum atomic E-state index is 6.57. The molecule has 0 radical (unpaired) electrons. The highest BCUT2D eigenvalue weighted by molar-refractivity contribution is 6.99. The number of benzene rings is 6. The lowest BCUT2D eigenvalue weighted by Crippen LogP contribution is -2.58. The fourth-order valence-corrected chi connectivity index (χ4v) is 8.30. The molecule has 4 heteroatoms. The van der Waals surface area contributed by atoms with Gasteiger partial charge in [0.2, 0.25) is 0 Å². The fourth-order valence-electron chi connectivity index (χ4n) is 8.30. The van der Waals surface area contributed by atoms with Gasteiger partial charge in [-0.2, -0.15) is 0 Å². The van der Waals surface area contributed by atoms with Crippen LogP contribution in [-0.2, 0) is 0 Å². The average Bonchev–Trinajstić information content (AvgIpc) is 3.51. The summed E-state index contributed by atoms with van der Waals surface area (Å²) in [6.07, 6.45) is 0. The van der Waals surface area contributed by atoms with Crippen LogP contribution in [0.3, 0.4) is 0 Å². The van der Waals surface area contributed by atoms with Crippen molar-refractivity contribution in [1.29, 1.82) is 0 Å². The second-order valence-corrected chi connectivity index (χ2v) is 12.3. The van der Waals surface area contributed by atoms with E-state index in [2.05, 4.69) is 139 Å². The summed E-state index contributed by atoms with van der Waals surface area (Å²) in [6.45, 7) is 6.80. The maximum absolute atomic E-state index is 6.57. The van der Waals surface area contributed by atoms with Gasteiger partial charge in [0.15, 0.2) is 0 Å². The van der Waals surface area contributed by atoms with Gasteiger partial charge >= 0.3 is 0 Å². The summed E-state index contributed by atoms with van der Waals surface area (Å²) in [5, 5.41) is 5.12. The van der Waals surface area contributed by atoms with Gasteiger partial charge in [-0.1, -0.05) is 72.3 Å². The first kappa shape index (κ1) is 23.4. The minimum absolute atomic E-state index is 0.138. The van der Waals surface area contributed by atoms with Crippen molar-refractivity contribution in [3.8, 4) is 22.9 Å². The van der Waals surface area contributed by atoms with E-state index < -0.39 is 0 Å². The summed E-state index contributed by atoms with van der Waals surface area (Å²) >= 11 is 0. The molecule has 2 aliphatic heterocycles. The summed E-state index contributed by atoms with van der Waals surface area (Å²) in [5.74, 6) is 1.91. The zero-order valence-corrected chi connectivity index (χ0v) is 24.3. The number of ether oxygens (including phenoxy) is 1. The molecule has 4 heterocycles. The van der Waals surface area contributed by atoms with Crippen LogP contribution >= 0.6 is 0 Å². The van der Waals surface area contributed by atoms with Crippen molar-refractivity contribution in [1.82, 2.24) is 9.13 Å². The fraction of sp³-hybridized carbons (Fsp3) is 0.0769. The molecule has 0 spiro atoms. The second kappa shape index (κ2) is 7.99. The smallest absolute Gasteiger partial charge is 0.256 e. The molecular formula is C39H27BN2O. The number of aryl methyl sites for hydroxylation is 3. The van der Waals surface area contributed by atoms with Crippen LogP contribution in [0, 0.1) is 20.8 Å². The Morgan fingerprint density at radius 3 is 2.09 bits per heavy atom. The molecule has 43 heavy (non-hydrogen) atoms. The molecule has 2 aromatic heterocycles. The lowest BCUT2D eigenvalue weighted by atomic mass is 9.34. The average molecular weight is 550 g/mol. The van der Waals surface area contributed by atoms with E-state index in [9.17, 15) is 0 Å². The predicted molar refractivity (Wildman–Crippen MR) is 181 cm³/mol. The van der Waals surface area contributed by atoms with Crippen LogP contribution in [-0.4, -0.2) is 15.8 Å². The van der Waals surface area contributed by atoms with Crippen LogP contribution in [0.25, 0.3) is 55.0 Å². The summed E-state index contributed by atoms with van der Waals surface area (Å²) in [4.78, 5) is 0. The molecule has 10 rings (SSSR count). The van der Waals surface area contributed by atoms with E-state index in [0.717, 1.165) is 11.5 Å². The first-order chi connectivity index (χ1) is 21.1. The number of aromatic nitrogens is 2. The Morgan fingerprint density at radius 2 is 1.23 bits per heavy atom. The van der Waals surface area contributed by atoms with Gasteiger partial charge in [0, 0.05) is 27.2 Å². The molecule has 0 unspecified atom stereocenters. The SMILES string of the molecule is Cc1cc(C)c(-n2c3ccccc3c3cc4c5ccc6c7c5n(c4cc32)-c2ccccc2B7c2ccccc2O6)c(C)c1. The minimum Gasteiger partial charge on any atom is -0.458 e. The molecule has 0 bridgehead atoms. The second-order valence-electron chi connectivity index (χ2n) is 12.3. The number of para-hydroxylation sites is 3. The standard InChI is InChI=1S/C39H27BN2O/c1-22-18-23(2)38(24(3)19-22)41-31-13-7-4-10-25(31)27-20-28-26-16-17-36-37-39(26)42(34(28)21-33(27)41)32-14-8-5-11-29(32)40(37)30-12-6-9-15-35(30)43-36/h4-21H,1-3H3. The Bertz CT molecular complexity index is 2510. The van der Waals surface area contributed by atoms with E-state index >= 15 is 0 Å². The zero-order valence-electron chi connectivity index (χ0n) is 24.3. The topological polar surface area (TPSA) is 19.1 Å². The molecular weight excluding hydrogens is 523 g/mol. The highest BCUT2D eigenvalue weighted by Gasteiger charge is 2.40. The molecule has 3 nitrogen and oxygen atoms in total. The van der Waals surface area contributed by atoms with Gasteiger partial charge in [-0.15, -0.1) is 0 Å². The van der Waals surface area contributed by atoms with Crippen molar-refractivity contribution < 1.29 is 4.74 Å². The van der Waals surface area contributed by atoms with Gasteiger partial charge in [-0.25, -0.2) is 0 Å². The van der Waals surface area contributed by atoms with E-state index in [-0.39, 0.29) is 6.71 Å². The van der Waals surface area contributed by atoms with Gasteiger partial charge in [0.25, 0.3) is 6.71 Å². The Kier molecular flexibility index (Phi) is 4.34. The molecule has 0 fully saturated rings. The van der Waals surface area contributed by atoms with Crippen molar-refractivity contribution in [2.24, 2.45) is 0 Å². The highest BCUT2D eigenvalue weighted by Crippen LogP contribution is 2.42. The van der Waals surface area contributed by atoms with Gasteiger partial charge < -0.3 is 13.9 Å². The number of nitrogens with zero attached hydrogens (tertiary/aromatic N) is 2. The minimum atomic E-state index is 0.138. The lowest BCUT2D eigenvalue weighted by Gasteiger charge is -2.32. The third kappa shape index (κ3) is 2.86. The normalized spacial score (nSPS) is 13.1. The summed E-state index contributed by atoms with van der Waals surface area (Å²) in [7, 11) is 0. The first-order valence-corrected chi connectivity index (χ1v) is 15.1. The maximum Gasteiger partial charge on any atom is 0.256 e. The van der Waals surface area contributed by atoms with Crippen LogP contribution in [0.15, 0.2) is 109 Å². The zero-order chi connectivity index (χ0) is 28.6. The predicted octanol–water partition coefficient (Wildman–Crippen LogP) is 7.74. The molecule has 0 saturated heterocycles. The number of rotatable bonds is 1. The van der Waals surface area contributed by atoms with E-state index in [0.29, 0.717) is 0 Å². The Hall–Kier alpha value is -5.22. The molecule has 2 aliphatic rings. The molecule has 6 aromatic carbocycles. The lowest BCUT2D eigenvalue weighted by molar-refractivity contribution is 0.488. The van der Waals surface area contributed by atoms with Crippen LogP contribution < -0.4 is 21.1 Å². The molecule has 0 aliphatic carbocycles. The number of hydrogen-bond donors (Lipinski definition) is 0. The molecule has 8 aromatic rings. The molecule has 0 amide bonds. The van der Waals surface area contributed by atoms with Crippen LogP contribution in [0.5, 0.6) is 11.5 Å². The van der Waals surface area contributed by atoms with Crippen molar-refractivity contribution in [3.63, 3.8) is 0 Å². The monoisotopic (exact) mass is 550 g/mol. The quantitative estimate of drug-likeness (QED) is 0.191. The Balaban J connectivity index is 1.40. The van der Waals surface area contributed by atoms with Crippen molar-refractivity contribution >= 4 is 66.7 Å². The third-order valence-corrected chi connectivity index (χ3v) is 9.81. The van der Waals surface area contributed by atoms with E-state index in [1.54, 1.807) is 0 Å². The Labute approximate surface area is 249 Å². The molecule has 0 atom stereocenters. The highest BCUT2D eigenvalue weighted by atomic mass is 16.5. The van der Waals surface area contributed by atoms with Crippen LogP contribution in [0.2, 0.25) is 0 Å². The first-order valence-electron chi connectivity index (χ1n) is 15.1. The summed E-state index contributed by atoms with van der Waals surface area (Å²) in [5.41, 5.74) is 15.2. The summed E-state index contributed by atoms with van der Waals surface area (Å²) in [6, 6.07) is 40.2. The van der Waals surface area contributed by atoms with E-state index in [1.807, 2.05) is 0 Å². The summed E-state index contributed by atoms with van der Waals surface area (Å²) < 4.78 is 11.6. The van der Waals surface area contributed by atoms with Crippen LogP contribution in [0.1, 0.15) is 16.7 Å². The van der Waals surface area contributed by atoms with E-state index in [1.165, 1.54) is 88.1 Å². The van der Waals surface area contributed by atoms with Crippen LogP contribution in [0.4, 0.5) is 0 Å². The molecule has 0 N–H and O–H groups in total. The van der Waals surface area contributed by atoms with Crippen molar-refractivity contribution in [2.75, 3.05) is 0 Å². The van der Waals surface area contributed by atoms with Gasteiger partial charge in [0.1, 0.15) is 11.5 Å². The largest absolute Gasteiger partial charge is 0.458 e.